The van der Waals surface area contributed by atoms with E-state index in [4.69, 9.17) is 52.1 Å². The van der Waals surface area contributed by atoms with Crippen LogP contribution in [0.15, 0.2) is 0 Å². The largest absolute Gasteiger partial charge is 0.469 e. The Morgan fingerprint density at radius 2 is 0.491 bits per heavy atom. The van der Waals surface area contributed by atoms with Crippen LogP contribution in [-0.4, -0.2) is 158 Å². The Kier molecular flexibility index (Phi) is 48.2. The van der Waals surface area contributed by atoms with Crippen LogP contribution < -0.4 is 0 Å². The summed E-state index contributed by atoms with van der Waals surface area (Å²) in [5.41, 5.74) is 0. The van der Waals surface area contributed by atoms with Crippen molar-refractivity contribution in [3.63, 3.8) is 0 Å². The minimum Gasteiger partial charge on any atom is -0.469 e. The Balaban J connectivity index is 3.06. The van der Waals surface area contributed by atoms with Gasteiger partial charge in [0.25, 0.3) is 0 Å². The first-order chi connectivity index (χ1) is 26.3. The first kappa shape index (κ1) is 52.0. The molecular weight excluding hydrogens is 688 g/mol. The molecule has 0 N–H and O–H groups in total. The molecule has 0 aromatic rings. The average molecular weight is 769 g/mol. The van der Waals surface area contributed by atoms with Crippen molar-refractivity contribution in [2.24, 2.45) is 0 Å². The summed E-state index contributed by atoms with van der Waals surface area (Å²) in [6.07, 6.45) is 19.5. The molecule has 0 amide bonds. The first-order valence-corrected chi connectivity index (χ1v) is 20.7. The highest BCUT2D eigenvalue weighted by Gasteiger charge is 2.00. The molecule has 0 spiro atoms. The zero-order valence-electron chi connectivity index (χ0n) is 34.0. The monoisotopic (exact) mass is 769 g/mol. The lowest BCUT2D eigenvalue weighted by atomic mass is 10.0. The first-order valence-electron chi connectivity index (χ1n) is 20.7. The number of carbonyl (C=O) groups is 1. The van der Waals surface area contributed by atoms with Crippen molar-refractivity contribution in [2.75, 3.05) is 152 Å². The fraction of sp³-hybridized carbons (Fsp3) is 0.975. The zero-order chi connectivity index (χ0) is 38.2. The SMILES string of the molecule is CCCCCCCCCCCCCCCCOCCOCCOCCOCCOCCOCCOCCOCCOCCOCCOCCC(=O)OC. The summed E-state index contributed by atoms with van der Waals surface area (Å²) in [4.78, 5) is 10.9. The molecule has 0 aliphatic heterocycles. The van der Waals surface area contributed by atoms with E-state index >= 15 is 0 Å². The van der Waals surface area contributed by atoms with Crippen LogP contribution in [0.4, 0.5) is 0 Å². The van der Waals surface area contributed by atoms with Gasteiger partial charge in [-0.05, 0) is 6.42 Å². The molecule has 0 saturated carbocycles. The van der Waals surface area contributed by atoms with Gasteiger partial charge in [0, 0.05) is 6.61 Å². The van der Waals surface area contributed by atoms with Crippen LogP contribution in [0.5, 0.6) is 0 Å². The number of carbonyl (C=O) groups excluding carboxylic acids is 1. The standard InChI is InChI=1S/C40H80O13/c1-3-4-5-6-7-8-9-10-11-12-13-14-15-16-18-43-20-22-45-24-26-47-28-30-49-32-34-51-36-38-53-39-37-52-35-33-50-31-29-48-27-25-46-23-21-44-19-17-40(41)42-2/h3-39H2,1-2H3. The molecule has 0 aliphatic carbocycles. The van der Waals surface area contributed by atoms with E-state index in [0.717, 1.165) is 13.0 Å². The second kappa shape index (κ2) is 49.0. The summed E-state index contributed by atoms with van der Waals surface area (Å²) in [6.45, 7) is 13.8. The van der Waals surface area contributed by atoms with Gasteiger partial charge < -0.3 is 56.8 Å². The number of esters is 1. The summed E-state index contributed by atoms with van der Waals surface area (Å²) in [6, 6.07) is 0. The highest BCUT2D eigenvalue weighted by molar-refractivity contribution is 5.69. The molecule has 53 heavy (non-hydrogen) atoms. The lowest BCUT2D eigenvalue weighted by Gasteiger charge is -2.09. The molecule has 0 rings (SSSR count). The van der Waals surface area contributed by atoms with Crippen molar-refractivity contribution in [1.29, 1.82) is 0 Å². The van der Waals surface area contributed by atoms with Crippen molar-refractivity contribution in [1.82, 2.24) is 0 Å². The van der Waals surface area contributed by atoms with Gasteiger partial charge in [-0.25, -0.2) is 0 Å². The molecule has 0 atom stereocenters. The lowest BCUT2D eigenvalue weighted by Crippen LogP contribution is -2.15. The maximum atomic E-state index is 10.9. The second-order valence-electron chi connectivity index (χ2n) is 12.7. The zero-order valence-corrected chi connectivity index (χ0v) is 34.0. The topological polar surface area (TPSA) is 128 Å². The molecule has 0 heterocycles. The molecular formula is C40H80O13. The fourth-order valence-corrected chi connectivity index (χ4v) is 4.96. The summed E-state index contributed by atoms with van der Waals surface area (Å²) in [5, 5.41) is 0. The Morgan fingerprint density at radius 3 is 0.736 bits per heavy atom. The minimum absolute atomic E-state index is 0.247. The number of rotatable bonds is 48. The van der Waals surface area contributed by atoms with Crippen LogP contribution in [0.1, 0.15) is 103 Å². The van der Waals surface area contributed by atoms with Crippen molar-refractivity contribution < 1.29 is 61.6 Å². The minimum atomic E-state index is -0.283. The summed E-state index contributed by atoms with van der Waals surface area (Å²) in [5.74, 6) is -0.283. The Labute approximate surface area is 322 Å². The van der Waals surface area contributed by atoms with Crippen molar-refractivity contribution in [3.8, 4) is 0 Å². The van der Waals surface area contributed by atoms with E-state index < -0.39 is 0 Å². The van der Waals surface area contributed by atoms with Gasteiger partial charge >= 0.3 is 5.97 Å². The van der Waals surface area contributed by atoms with Gasteiger partial charge in [-0.1, -0.05) is 90.4 Å². The molecule has 0 fully saturated rings. The Hall–Kier alpha value is -0.970. The third kappa shape index (κ3) is 49.0. The van der Waals surface area contributed by atoms with Crippen molar-refractivity contribution >= 4 is 5.97 Å². The molecule has 0 unspecified atom stereocenters. The lowest BCUT2D eigenvalue weighted by molar-refractivity contribution is -0.141. The molecule has 0 aromatic heterocycles. The van der Waals surface area contributed by atoms with Crippen LogP contribution in [0.25, 0.3) is 0 Å². The van der Waals surface area contributed by atoms with E-state index in [2.05, 4.69) is 11.7 Å². The molecule has 0 bridgehead atoms. The van der Waals surface area contributed by atoms with E-state index in [9.17, 15) is 4.79 Å². The predicted molar refractivity (Wildman–Crippen MR) is 206 cm³/mol. The number of ether oxygens (including phenoxy) is 12. The number of hydrogen-bond donors (Lipinski definition) is 0. The maximum absolute atomic E-state index is 10.9. The number of hydrogen-bond acceptors (Lipinski definition) is 13. The molecule has 0 aliphatic rings. The van der Waals surface area contributed by atoms with Gasteiger partial charge in [0.05, 0.1) is 152 Å². The fourth-order valence-electron chi connectivity index (χ4n) is 4.96. The predicted octanol–water partition coefficient (Wildman–Crippen LogP) is 6.21. The maximum Gasteiger partial charge on any atom is 0.307 e. The van der Waals surface area contributed by atoms with E-state index in [-0.39, 0.29) is 12.4 Å². The van der Waals surface area contributed by atoms with Crippen LogP contribution in [0.2, 0.25) is 0 Å². The molecule has 0 radical (unpaired) electrons. The van der Waals surface area contributed by atoms with Crippen molar-refractivity contribution in [2.45, 2.75) is 103 Å². The van der Waals surface area contributed by atoms with Crippen molar-refractivity contribution in [3.05, 3.63) is 0 Å². The third-order valence-electron chi connectivity index (χ3n) is 8.04. The highest BCUT2D eigenvalue weighted by atomic mass is 16.6. The highest BCUT2D eigenvalue weighted by Crippen LogP contribution is 2.13. The van der Waals surface area contributed by atoms with E-state index in [1.54, 1.807) is 0 Å². The van der Waals surface area contributed by atoms with Gasteiger partial charge in [0.15, 0.2) is 0 Å². The molecule has 318 valence electrons. The van der Waals surface area contributed by atoms with Crippen LogP contribution >= 0.6 is 0 Å². The van der Waals surface area contributed by atoms with Gasteiger partial charge in [0.2, 0.25) is 0 Å². The second-order valence-corrected chi connectivity index (χ2v) is 12.7. The third-order valence-corrected chi connectivity index (χ3v) is 8.04. The average Bonchev–Trinajstić information content (AvgIpc) is 3.17. The van der Waals surface area contributed by atoms with Gasteiger partial charge in [-0.15, -0.1) is 0 Å². The van der Waals surface area contributed by atoms with E-state index in [0.29, 0.717) is 139 Å². The molecule has 13 nitrogen and oxygen atoms in total. The van der Waals surface area contributed by atoms with Gasteiger partial charge in [0.1, 0.15) is 0 Å². The van der Waals surface area contributed by atoms with Crippen LogP contribution in [0.3, 0.4) is 0 Å². The van der Waals surface area contributed by atoms with Crippen LogP contribution in [-0.2, 0) is 61.6 Å². The van der Waals surface area contributed by atoms with E-state index in [1.165, 1.54) is 90.6 Å². The van der Waals surface area contributed by atoms with E-state index in [1.807, 2.05) is 0 Å². The van der Waals surface area contributed by atoms with Gasteiger partial charge in [-0.3, -0.25) is 4.79 Å². The summed E-state index contributed by atoms with van der Waals surface area (Å²) >= 11 is 0. The van der Waals surface area contributed by atoms with Crippen LogP contribution in [0, 0.1) is 0 Å². The smallest absolute Gasteiger partial charge is 0.307 e. The Morgan fingerprint density at radius 1 is 0.283 bits per heavy atom. The Bertz CT molecular complexity index is 675. The quantitative estimate of drug-likeness (QED) is 0.0515. The summed E-state index contributed by atoms with van der Waals surface area (Å²) in [7, 11) is 1.36. The van der Waals surface area contributed by atoms with Gasteiger partial charge in [-0.2, -0.15) is 0 Å². The molecule has 13 heteroatoms. The molecule has 0 saturated heterocycles. The number of unbranched alkanes of at least 4 members (excludes halogenated alkanes) is 13. The normalized spacial score (nSPS) is 11.5. The number of methoxy groups -OCH3 is 1. The molecule has 0 aromatic carbocycles. The summed E-state index contributed by atoms with van der Waals surface area (Å²) < 4.78 is 64.9.